The third-order valence-corrected chi connectivity index (χ3v) is 3.91. The lowest BCUT2D eigenvalue weighted by atomic mass is 9.87. The Morgan fingerprint density at radius 1 is 1.33 bits per heavy atom. The summed E-state index contributed by atoms with van der Waals surface area (Å²) in [6, 6.07) is 9.29. The fourth-order valence-corrected chi connectivity index (χ4v) is 2.75. The molecule has 3 rings (SSSR count). The average Bonchev–Trinajstić information content (AvgIpc) is 3.07. The van der Waals surface area contributed by atoms with Crippen molar-refractivity contribution in [3.8, 4) is 0 Å². The van der Waals surface area contributed by atoms with Crippen LogP contribution < -0.4 is 11.1 Å². The Hall–Kier alpha value is -1.51. The SMILES string of the molecule is CC1(CN=C(N)NC2CC2)Cc2ccccc2C1. The van der Waals surface area contributed by atoms with Crippen molar-refractivity contribution in [3.05, 3.63) is 35.4 Å². The first-order chi connectivity index (χ1) is 8.65. The van der Waals surface area contributed by atoms with E-state index >= 15 is 0 Å². The van der Waals surface area contributed by atoms with Gasteiger partial charge in [-0.15, -0.1) is 0 Å². The molecule has 0 unspecified atom stereocenters. The first-order valence-corrected chi connectivity index (χ1v) is 6.78. The molecule has 0 aromatic heterocycles. The number of fused-ring (bicyclic) bond motifs is 1. The molecule has 18 heavy (non-hydrogen) atoms. The van der Waals surface area contributed by atoms with E-state index in [1.807, 2.05) is 0 Å². The monoisotopic (exact) mass is 243 g/mol. The number of aliphatic imine (C=N–C) groups is 1. The number of guanidine groups is 1. The van der Waals surface area contributed by atoms with E-state index in [0.717, 1.165) is 19.4 Å². The summed E-state index contributed by atoms with van der Waals surface area (Å²) in [6.45, 7) is 3.12. The van der Waals surface area contributed by atoms with Gasteiger partial charge in [0.2, 0.25) is 0 Å². The molecule has 0 spiro atoms. The van der Waals surface area contributed by atoms with Crippen LogP contribution in [0.2, 0.25) is 0 Å². The number of hydrogen-bond acceptors (Lipinski definition) is 1. The Morgan fingerprint density at radius 2 is 1.94 bits per heavy atom. The Morgan fingerprint density at radius 3 is 2.50 bits per heavy atom. The van der Waals surface area contributed by atoms with Crippen LogP contribution in [0.15, 0.2) is 29.3 Å². The van der Waals surface area contributed by atoms with Crippen LogP contribution in [0.5, 0.6) is 0 Å². The van der Waals surface area contributed by atoms with Crippen molar-refractivity contribution in [1.29, 1.82) is 0 Å². The van der Waals surface area contributed by atoms with Crippen molar-refractivity contribution in [3.63, 3.8) is 0 Å². The van der Waals surface area contributed by atoms with Gasteiger partial charge in [0, 0.05) is 12.6 Å². The van der Waals surface area contributed by atoms with Gasteiger partial charge >= 0.3 is 0 Å². The molecular formula is C15H21N3. The van der Waals surface area contributed by atoms with E-state index < -0.39 is 0 Å². The molecule has 0 saturated heterocycles. The van der Waals surface area contributed by atoms with Gasteiger partial charge in [0.15, 0.2) is 5.96 Å². The maximum absolute atomic E-state index is 5.90. The summed E-state index contributed by atoms with van der Waals surface area (Å²) in [4.78, 5) is 4.52. The van der Waals surface area contributed by atoms with Gasteiger partial charge in [-0.3, -0.25) is 4.99 Å². The predicted octanol–water partition coefficient (Wildman–Crippen LogP) is 1.86. The van der Waals surface area contributed by atoms with E-state index in [-0.39, 0.29) is 5.41 Å². The maximum atomic E-state index is 5.90. The Labute approximate surface area is 108 Å². The molecule has 96 valence electrons. The fourth-order valence-electron chi connectivity index (χ4n) is 2.75. The number of rotatable bonds is 3. The molecule has 1 aromatic carbocycles. The highest BCUT2D eigenvalue weighted by Crippen LogP contribution is 2.36. The summed E-state index contributed by atoms with van der Waals surface area (Å²) in [6.07, 6.45) is 4.70. The number of hydrogen-bond donors (Lipinski definition) is 2. The van der Waals surface area contributed by atoms with Crippen LogP contribution in [-0.4, -0.2) is 18.5 Å². The van der Waals surface area contributed by atoms with Gasteiger partial charge < -0.3 is 11.1 Å². The summed E-state index contributed by atoms with van der Waals surface area (Å²) >= 11 is 0. The molecule has 3 heteroatoms. The zero-order chi connectivity index (χ0) is 12.6. The highest BCUT2D eigenvalue weighted by Gasteiger charge is 2.32. The predicted molar refractivity (Wildman–Crippen MR) is 74.6 cm³/mol. The highest BCUT2D eigenvalue weighted by molar-refractivity contribution is 5.78. The van der Waals surface area contributed by atoms with Gasteiger partial charge in [-0.2, -0.15) is 0 Å². The third kappa shape index (κ3) is 2.50. The molecule has 3 N–H and O–H groups in total. The van der Waals surface area contributed by atoms with Crippen molar-refractivity contribution in [2.45, 2.75) is 38.6 Å². The molecule has 1 aromatic rings. The largest absolute Gasteiger partial charge is 0.370 e. The average molecular weight is 243 g/mol. The first-order valence-electron chi connectivity index (χ1n) is 6.78. The van der Waals surface area contributed by atoms with Crippen molar-refractivity contribution < 1.29 is 0 Å². The molecule has 0 aliphatic heterocycles. The lowest BCUT2D eigenvalue weighted by molar-refractivity contribution is 0.360. The van der Waals surface area contributed by atoms with Gasteiger partial charge in [0.05, 0.1) is 0 Å². The minimum atomic E-state index is 0.236. The third-order valence-electron chi connectivity index (χ3n) is 3.91. The Balaban J connectivity index is 1.63. The van der Waals surface area contributed by atoms with Crippen LogP contribution in [0, 0.1) is 5.41 Å². The summed E-state index contributed by atoms with van der Waals surface area (Å²) in [5.41, 5.74) is 9.08. The zero-order valence-electron chi connectivity index (χ0n) is 10.9. The Bertz CT molecular complexity index is 449. The molecule has 3 nitrogen and oxygen atoms in total. The van der Waals surface area contributed by atoms with Crippen LogP contribution in [-0.2, 0) is 12.8 Å². The molecule has 0 atom stereocenters. The topological polar surface area (TPSA) is 50.4 Å². The second-order valence-electron chi connectivity index (χ2n) is 6.05. The number of nitrogens with one attached hydrogen (secondary N) is 1. The summed E-state index contributed by atoms with van der Waals surface area (Å²) < 4.78 is 0. The van der Waals surface area contributed by atoms with Crippen molar-refractivity contribution >= 4 is 5.96 Å². The van der Waals surface area contributed by atoms with Gasteiger partial charge in [0.1, 0.15) is 0 Å². The van der Waals surface area contributed by atoms with Crippen molar-refractivity contribution in [2.75, 3.05) is 6.54 Å². The van der Waals surface area contributed by atoms with Crippen LogP contribution >= 0.6 is 0 Å². The fraction of sp³-hybridized carbons (Fsp3) is 0.533. The lowest BCUT2D eigenvalue weighted by Gasteiger charge is -2.21. The molecule has 0 radical (unpaired) electrons. The van der Waals surface area contributed by atoms with E-state index in [9.17, 15) is 0 Å². The number of benzene rings is 1. The minimum Gasteiger partial charge on any atom is -0.370 e. The summed E-state index contributed by atoms with van der Waals surface area (Å²) in [7, 11) is 0. The van der Waals surface area contributed by atoms with Crippen LogP contribution in [0.4, 0.5) is 0 Å². The van der Waals surface area contributed by atoms with Gasteiger partial charge in [-0.1, -0.05) is 31.2 Å². The lowest BCUT2D eigenvalue weighted by Crippen LogP contribution is -2.35. The Kier molecular flexibility index (Phi) is 2.77. The molecule has 2 aliphatic carbocycles. The van der Waals surface area contributed by atoms with Crippen LogP contribution in [0.1, 0.15) is 30.9 Å². The molecule has 1 fully saturated rings. The van der Waals surface area contributed by atoms with Crippen LogP contribution in [0.3, 0.4) is 0 Å². The molecule has 0 amide bonds. The van der Waals surface area contributed by atoms with E-state index in [0.29, 0.717) is 12.0 Å². The van der Waals surface area contributed by atoms with Crippen molar-refractivity contribution in [2.24, 2.45) is 16.1 Å². The maximum Gasteiger partial charge on any atom is 0.188 e. The molecule has 2 aliphatic rings. The standard InChI is InChI=1S/C15H21N3/c1-15(10-17-14(16)18-13-6-7-13)8-11-4-2-3-5-12(11)9-15/h2-5,13H,6-10H2,1H3,(H3,16,17,18). The quantitative estimate of drug-likeness (QED) is 0.629. The molecule has 0 heterocycles. The highest BCUT2D eigenvalue weighted by atomic mass is 15.1. The first kappa shape index (κ1) is 11.6. The molecule has 0 bridgehead atoms. The zero-order valence-corrected chi connectivity index (χ0v) is 10.9. The second-order valence-corrected chi connectivity index (χ2v) is 6.05. The van der Waals surface area contributed by atoms with Gasteiger partial charge in [-0.05, 0) is 42.2 Å². The number of nitrogens with two attached hydrogens (primary N) is 1. The molecule has 1 saturated carbocycles. The van der Waals surface area contributed by atoms with Crippen molar-refractivity contribution in [1.82, 2.24) is 5.32 Å². The van der Waals surface area contributed by atoms with Gasteiger partial charge in [-0.25, -0.2) is 0 Å². The van der Waals surface area contributed by atoms with Crippen LogP contribution in [0.25, 0.3) is 0 Å². The minimum absolute atomic E-state index is 0.236. The van der Waals surface area contributed by atoms with Gasteiger partial charge in [0.25, 0.3) is 0 Å². The molecular weight excluding hydrogens is 222 g/mol. The summed E-state index contributed by atoms with van der Waals surface area (Å²) in [5, 5.41) is 3.24. The van der Waals surface area contributed by atoms with E-state index in [1.54, 1.807) is 0 Å². The second kappa shape index (κ2) is 4.30. The van der Waals surface area contributed by atoms with E-state index in [4.69, 9.17) is 5.73 Å². The number of nitrogens with zero attached hydrogens (tertiary/aromatic N) is 1. The van der Waals surface area contributed by atoms with E-state index in [2.05, 4.69) is 41.5 Å². The normalized spacial score (nSPS) is 21.7. The smallest absolute Gasteiger partial charge is 0.188 e. The summed E-state index contributed by atoms with van der Waals surface area (Å²) in [5.74, 6) is 0.620. The van der Waals surface area contributed by atoms with E-state index in [1.165, 1.54) is 24.0 Å².